The number of hydrogen-bond donors (Lipinski definition) is 2. The molecule has 3 rings (SSSR count). The number of β-amino-alcohol motifs (C(OH)–C–C–N with tert-alkyl or cyclic N) is 1. The molecule has 1 aliphatic heterocycles. The SMILES string of the molecule is CNCC(O)CN1CCN(c2cc(C(F)(F)F)cc(C(F)(F)F)c2OC(=O)N(C)c2ccc(F)c(C)n2)C1=S. The molecular weight excluding hydrogens is 559 g/mol. The van der Waals surface area contributed by atoms with E-state index in [4.69, 9.17) is 17.0 Å². The van der Waals surface area contributed by atoms with Crippen LogP contribution in [0.15, 0.2) is 24.3 Å². The van der Waals surface area contributed by atoms with Crippen LogP contribution in [0.2, 0.25) is 0 Å². The third-order valence-electron chi connectivity index (χ3n) is 5.77. The van der Waals surface area contributed by atoms with E-state index in [0.717, 1.165) is 24.1 Å². The van der Waals surface area contributed by atoms with Gasteiger partial charge in [0, 0.05) is 33.2 Å². The Morgan fingerprint density at radius 3 is 2.44 bits per heavy atom. The van der Waals surface area contributed by atoms with Crippen molar-refractivity contribution in [3.63, 3.8) is 0 Å². The van der Waals surface area contributed by atoms with Crippen molar-refractivity contribution in [2.45, 2.75) is 25.4 Å². The lowest BCUT2D eigenvalue weighted by Crippen LogP contribution is -2.40. The number of amides is 1. The lowest BCUT2D eigenvalue weighted by Gasteiger charge is -2.28. The number of halogens is 7. The lowest BCUT2D eigenvalue weighted by atomic mass is 10.1. The van der Waals surface area contributed by atoms with E-state index in [2.05, 4.69) is 10.3 Å². The number of aliphatic hydroxyl groups excluding tert-OH is 1. The van der Waals surface area contributed by atoms with Gasteiger partial charge in [-0.2, -0.15) is 26.3 Å². The zero-order chi connectivity index (χ0) is 29.3. The van der Waals surface area contributed by atoms with Crippen molar-refractivity contribution < 1.29 is 45.4 Å². The summed E-state index contributed by atoms with van der Waals surface area (Å²) in [6.07, 6.45) is -12.9. The number of rotatable bonds is 7. The molecule has 2 heterocycles. The summed E-state index contributed by atoms with van der Waals surface area (Å²) >= 11 is 5.31. The third kappa shape index (κ3) is 6.86. The molecule has 1 aliphatic rings. The van der Waals surface area contributed by atoms with Crippen LogP contribution in [0.25, 0.3) is 0 Å². The molecule has 1 unspecified atom stereocenters. The fraction of sp³-hybridized carbons (Fsp3) is 0.435. The van der Waals surface area contributed by atoms with E-state index < -0.39 is 52.9 Å². The quantitative estimate of drug-likeness (QED) is 0.371. The molecule has 8 nitrogen and oxygen atoms in total. The minimum absolute atomic E-state index is 0.0469. The van der Waals surface area contributed by atoms with Gasteiger partial charge in [0.15, 0.2) is 10.9 Å². The van der Waals surface area contributed by atoms with E-state index in [0.29, 0.717) is 11.0 Å². The summed E-state index contributed by atoms with van der Waals surface area (Å²) in [5.41, 5.74) is -4.34. The van der Waals surface area contributed by atoms with Crippen molar-refractivity contribution in [2.75, 3.05) is 50.1 Å². The fourth-order valence-electron chi connectivity index (χ4n) is 3.79. The maximum Gasteiger partial charge on any atom is 0.420 e. The standard InChI is InChI=1S/C23H24F7N5O3S/c1-12-16(24)4-5-18(32-12)33(3)21(37)38-19-15(23(28,29)30)8-13(22(25,26)27)9-17(19)35-7-6-34(20(35)39)11-14(36)10-31-2/h4-5,8-9,14,31,36H,6-7,10-11H2,1-3H3. The lowest BCUT2D eigenvalue weighted by molar-refractivity contribution is -0.143. The highest BCUT2D eigenvalue weighted by Gasteiger charge is 2.43. The van der Waals surface area contributed by atoms with Crippen LogP contribution in [0.1, 0.15) is 16.8 Å². The first kappa shape index (κ1) is 30.3. The van der Waals surface area contributed by atoms with Gasteiger partial charge in [0.2, 0.25) is 0 Å². The van der Waals surface area contributed by atoms with Gasteiger partial charge in [-0.1, -0.05) is 0 Å². The number of ether oxygens (including phenoxy) is 1. The number of anilines is 2. The van der Waals surface area contributed by atoms with Gasteiger partial charge in [-0.25, -0.2) is 14.2 Å². The molecule has 1 aromatic carbocycles. The van der Waals surface area contributed by atoms with Crippen molar-refractivity contribution in [3.8, 4) is 5.75 Å². The second-order valence-corrected chi connectivity index (χ2v) is 8.99. The number of carbonyl (C=O) groups is 1. The van der Waals surface area contributed by atoms with Crippen LogP contribution in [0.4, 0.5) is 47.0 Å². The van der Waals surface area contributed by atoms with Crippen molar-refractivity contribution in [1.29, 1.82) is 0 Å². The van der Waals surface area contributed by atoms with Crippen LogP contribution in [-0.4, -0.2) is 72.6 Å². The van der Waals surface area contributed by atoms with Gasteiger partial charge in [0.25, 0.3) is 0 Å². The summed E-state index contributed by atoms with van der Waals surface area (Å²) in [5.74, 6) is -2.08. The van der Waals surface area contributed by atoms with E-state index in [1.54, 1.807) is 7.05 Å². The number of hydrogen-bond acceptors (Lipinski definition) is 6. The van der Waals surface area contributed by atoms with E-state index in [1.807, 2.05) is 0 Å². The number of thiocarbonyl (C=S) groups is 1. The van der Waals surface area contributed by atoms with E-state index >= 15 is 0 Å². The zero-order valence-corrected chi connectivity index (χ0v) is 21.6. The second kappa shape index (κ2) is 11.5. The average molecular weight is 584 g/mol. The van der Waals surface area contributed by atoms with E-state index in [1.165, 1.54) is 11.8 Å². The number of aryl methyl sites for hydroxylation is 1. The summed E-state index contributed by atoms with van der Waals surface area (Å²) in [6, 6.07) is 2.32. The highest BCUT2D eigenvalue weighted by atomic mass is 32.1. The molecule has 0 bridgehead atoms. The summed E-state index contributed by atoms with van der Waals surface area (Å²) in [4.78, 5) is 19.8. The molecule has 0 spiro atoms. The topological polar surface area (TPSA) is 81.2 Å². The summed E-state index contributed by atoms with van der Waals surface area (Å²) in [7, 11) is 2.67. The number of carbonyl (C=O) groups excluding carboxylic acids is 1. The minimum Gasteiger partial charge on any atom is -0.407 e. The molecule has 214 valence electrons. The first-order chi connectivity index (χ1) is 18.0. The Balaban J connectivity index is 2.09. The second-order valence-electron chi connectivity index (χ2n) is 8.62. The molecule has 2 aromatic rings. The highest BCUT2D eigenvalue weighted by Crippen LogP contribution is 2.47. The number of alkyl halides is 6. The zero-order valence-electron chi connectivity index (χ0n) is 20.8. The van der Waals surface area contributed by atoms with Crippen molar-refractivity contribution in [2.24, 2.45) is 0 Å². The third-order valence-corrected chi connectivity index (χ3v) is 6.25. The van der Waals surface area contributed by atoms with Crippen LogP contribution < -0.4 is 19.9 Å². The molecule has 2 N–H and O–H groups in total. The van der Waals surface area contributed by atoms with E-state index in [9.17, 15) is 40.6 Å². The maximum atomic E-state index is 14.1. The average Bonchev–Trinajstić information content (AvgIpc) is 3.18. The van der Waals surface area contributed by atoms with Crippen LogP contribution >= 0.6 is 12.2 Å². The predicted molar refractivity (Wildman–Crippen MR) is 131 cm³/mol. The number of likely N-dealkylation sites (N-methyl/N-ethyl adjacent to an activating group) is 1. The van der Waals surface area contributed by atoms with Gasteiger partial charge in [-0.15, -0.1) is 0 Å². The fourth-order valence-corrected chi connectivity index (χ4v) is 4.15. The van der Waals surface area contributed by atoms with Crippen LogP contribution in [-0.2, 0) is 12.4 Å². The molecule has 0 radical (unpaired) electrons. The van der Waals surface area contributed by atoms with Gasteiger partial charge < -0.3 is 25.0 Å². The van der Waals surface area contributed by atoms with Crippen LogP contribution in [0.3, 0.4) is 0 Å². The number of pyridine rings is 1. The molecule has 1 saturated heterocycles. The largest absolute Gasteiger partial charge is 0.420 e. The smallest absolute Gasteiger partial charge is 0.407 e. The molecule has 0 saturated carbocycles. The first-order valence-electron chi connectivity index (χ1n) is 11.3. The Hall–Kier alpha value is -3.24. The number of nitrogens with zero attached hydrogens (tertiary/aromatic N) is 4. The maximum absolute atomic E-state index is 14.1. The van der Waals surface area contributed by atoms with Gasteiger partial charge in [0.1, 0.15) is 17.2 Å². The number of aromatic nitrogens is 1. The van der Waals surface area contributed by atoms with Crippen LogP contribution in [0.5, 0.6) is 5.75 Å². The molecule has 1 amide bonds. The van der Waals surface area contributed by atoms with Gasteiger partial charge in [0.05, 0.1) is 23.0 Å². The molecule has 1 aromatic heterocycles. The Labute approximate surface area is 223 Å². The van der Waals surface area contributed by atoms with Crippen molar-refractivity contribution in [1.82, 2.24) is 15.2 Å². The van der Waals surface area contributed by atoms with Crippen molar-refractivity contribution >= 4 is 34.9 Å². The van der Waals surface area contributed by atoms with Gasteiger partial charge in [-0.3, -0.25) is 4.90 Å². The predicted octanol–water partition coefficient (Wildman–Crippen LogP) is 4.19. The Morgan fingerprint density at radius 2 is 1.87 bits per heavy atom. The Bertz CT molecular complexity index is 1240. The van der Waals surface area contributed by atoms with Crippen molar-refractivity contribution in [3.05, 3.63) is 46.9 Å². The van der Waals surface area contributed by atoms with Crippen LogP contribution in [0, 0.1) is 12.7 Å². The number of aliphatic hydroxyl groups is 1. The number of benzene rings is 1. The molecule has 1 atom stereocenters. The first-order valence-corrected chi connectivity index (χ1v) is 11.8. The van der Waals surface area contributed by atoms with Gasteiger partial charge >= 0.3 is 18.4 Å². The summed E-state index contributed by atoms with van der Waals surface area (Å²) < 4.78 is 102. The highest BCUT2D eigenvalue weighted by molar-refractivity contribution is 7.80. The number of nitrogens with one attached hydrogen (secondary N) is 1. The van der Waals surface area contributed by atoms with E-state index in [-0.39, 0.29) is 48.9 Å². The summed E-state index contributed by atoms with van der Waals surface area (Å²) in [6.45, 7) is 1.33. The molecule has 16 heteroatoms. The molecule has 0 aliphatic carbocycles. The normalized spacial score (nSPS) is 15.1. The Morgan fingerprint density at radius 1 is 1.21 bits per heavy atom. The summed E-state index contributed by atoms with van der Waals surface area (Å²) in [5, 5.41) is 12.7. The molecule has 39 heavy (non-hydrogen) atoms. The Kier molecular flexibility index (Phi) is 8.92. The minimum atomic E-state index is -5.36. The molecular formula is C23H24F7N5O3S. The monoisotopic (exact) mass is 583 g/mol. The van der Waals surface area contributed by atoms with Gasteiger partial charge in [-0.05, 0) is 50.5 Å². The molecule has 1 fully saturated rings.